The van der Waals surface area contributed by atoms with E-state index < -0.39 is 6.61 Å². The topological polar surface area (TPSA) is 60.1 Å². The number of benzene rings is 1. The maximum atomic E-state index is 12.4. The molecule has 2 fully saturated rings. The van der Waals surface area contributed by atoms with Crippen molar-refractivity contribution in [1.29, 1.82) is 0 Å². The molecule has 5 nitrogen and oxygen atoms in total. The van der Waals surface area contributed by atoms with Gasteiger partial charge in [0.05, 0.1) is 19.3 Å². The summed E-state index contributed by atoms with van der Waals surface area (Å²) in [5.74, 6) is 0.822. The van der Waals surface area contributed by atoms with Crippen LogP contribution in [0.4, 0.5) is 8.78 Å². The minimum Gasteiger partial charge on any atom is -0.435 e. The molecule has 0 radical (unpaired) electrons. The number of nitrogens with two attached hydrogens (primary N) is 1. The van der Waals surface area contributed by atoms with E-state index >= 15 is 0 Å². The molecule has 2 aliphatic rings. The zero-order valence-corrected chi connectivity index (χ0v) is 12.1. The Kier molecular flexibility index (Phi) is 4.42. The van der Waals surface area contributed by atoms with Gasteiger partial charge in [-0.25, -0.2) is 4.99 Å². The Labute approximate surface area is 127 Å². The van der Waals surface area contributed by atoms with Gasteiger partial charge in [0, 0.05) is 19.0 Å². The summed E-state index contributed by atoms with van der Waals surface area (Å²) < 4.78 is 34.7. The van der Waals surface area contributed by atoms with Gasteiger partial charge >= 0.3 is 6.61 Å². The van der Waals surface area contributed by atoms with Gasteiger partial charge < -0.3 is 20.1 Å². The first-order valence-electron chi connectivity index (χ1n) is 7.35. The lowest BCUT2D eigenvalue weighted by Crippen LogP contribution is -2.45. The van der Waals surface area contributed by atoms with E-state index in [4.69, 9.17) is 10.5 Å². The van der Waals surface area contributed by atoms with Crippen molar-refractivity contribution in [3.63, 3.8) is 0 Å². The first-order chi connectivity index (χ1) is 10.6. The van der Waals surface area contributed by atoms with E-state index in [0.29, 0.717) is 19.2 Å². The minimum atomic E-state index is -2.82. The highest BCUT2D eigenvalue weighted by Crippen LogP contribution is 2.47. The Balaban J connectivity index is 1.66. The summed E-state index contributed by atoms with van der Waals surface area (Å²) in [5.41, 5.74) is 6.79. The fraction of sp³-hybridized carbons (Fsp3) is 0.533. The molecule has 0 amide bonds. The molecule has 1 aromatic carbocycles. The minimum absolute atomic E-state index is 0.0327. The molecule has 3 rings (SSSR count). The standard InChI is InChI=1S/C15H19F2N3O2/c16-14(17)22-13-4-2-1-3-10(13)11-9-12(11)19-15(18)20-5-7-21-8-6-20/h1-4,11-12,14H,5-9H2,(H2,18,19)/t11-,12+/m1/s1. The van der Waals surface area contributed by atoms with Crippen LogP contribution >= 0.6 is 0 Å². The lowest BCUT2D eigenvalue weighted by molar-refractivity contribution is -0.0504. The maximum absolute atomic E-state index is 12.4. The van der Waals surface area contributed by atoms with Crippen molar-refractivity contribution in [3.8, 4) is 5.75 Å². The van der Waals surface area contributed by atoms with Crippen molar-refractivity contribution >= 4 is 5.96 Å². The molecule has 1 aliphatic heterocycles. The van der Waals surface area contributed by atoms with Crippen LogP contribution in [0.2, 0.25) is 0 Å². The Bertz CT molecular complexity index is 547. The van der Waals surface area contributed by atoms with Crippen molar-refractivity contribution in [2.75, 3.05) is 26.3 Å². The van der Waals surface area contributed by atoms with E-state index in [1.54, 1.807) is 12.1 Å². The number of alkyl halides is 2. The molecular weight excluding hydrogens is 292 g/mol. The quantitative estimate of drug-likeness (QED) is 0.680. The molecule has 120 valence electrons. The molecule has 2 N–H and O–H groups in total. The fourth-order valence-electron chi connectivity index (χ4n) is 2.69. The molecule has 1 saturated carbocycles. The van der Waals surface area contributed by atoms with Crippen LogP contribution in [0.15, 0.2) is 29.3 Å². The van der Waals surface area contributed by atoms with Crippen molar-refractivity contribution in [2.24, 2.45) is 10.7 Å². The number of rotatable bonds is 4. The zero-order valence-electron chi connectivity index (χ0n) is 12.1. The Morgan fingerprint density at radius 2 is 2.05 bits per heavy atom. The predicted octanol–water partition coefficient (Wildman–Crippen LogP) is 1.79. The van der Waals surface area contributed by atoms with Crippen LogP contribution in [0.3, 0.4) is 0 Å². The van der Waals surface area contributed by atoms with Gasteiger partial charge in [-0.1, -0.05) is 18.2 Å². The molecule has 1 heterocycles. The smallest absolute Gasteiger partial charge is 0.387 e. The van der Waals surface area contributed by atoms with Crippen LogP contribution in [0.25, 0.3) is 0 Å². The van der Waals surface area contributed by atoms with Crippen LogP contribution < -0.4 is 10.5 Å². The molecule has 1 saturated heterocycles. The summed E-state index contributed by atoms with van der Waals surface area (Å²) in [6.45, 7) is -0.0550. The summed E-state index contributed by atoms with van der Waals surface area (Å²) in [6.07, 6.45) is 0.800. The average Bonchev–Trinajstić information content (AvgIpc) is 3.27. The van der Waals surface area contributed by atoms with E-state index in [2.05, 4.69) is 9.73 Å². The predicted molar refractivity (Wildman–Crippen MR) is 78.2 cm³/mol. The number of aliphatic imine (C=N–C) groups is 1. The SMILES string of the molecule is NC(=N[C@H]1C[C@@H]1c1ccccc1OC(F)F)N1CCOCC1. The molecule has 0 bridgehead atoms. The molecule has 1 aromatic rings. The van der Waals surface area contributed by atoms with Gasteiger partial charge in [0.25, 0.3) is 0 Å². The summed E-state index contributed by atoms with van der Waals surface area (Å²) in [4.78, 5) is 6.50. The van der Waals surface area contributed by atoms with Gasteiger partial charge in [-0.05, 0) is 18.1 Å². The van der Waals surface area contributed by atoms with Gasteiger partial charge in [0.2, 0.25) is 0 Å². The number of hydrogen-bond donors (Lipinski definition) is 1. The summed E-state index contributed by atoms with van der Waals surface area (Å²) >= 11 is 0. The van der Waals surface area contributed by atoms with E-state index in [9.17, 15) is 8.78 Å². The second-order valence-corrected chi connectivity index (χ2v) is 5.41. The van der Waals surface area contributed by atoms with Crippen LogP contribution in [0.5, 0.6) is 5.75 Å². The molecule has 2 atom stereocenters. The maximum Gasteiger partial charge on any atom is 0.387 e. The van der Waals surface area contributed by atoms with E-state index in [1.165, 1.54) is 0 Å². The monoisotopic (exact) mass is 311 g/mol. The third-order valence-corrected chi connectivity index (χ3v) is 3.92. The summed E-state index contributed by atoms with van der Waals surface area (Å²) in [6, 6.07) is 6.90. The highest BCUT2D eigenvalue weighted by atomic mass is 19.3. The number of morpholine rings is 1. The van der Waals surface area contributed by atoms with Crippen molar-refractivity contribution in [1.82, 2.24) is 4.90 Å². The molecule has 7 heteroatoms. The van der Waals surface area contributed by atoms with Crippen LogP contribution in [0.1, 0.15) is 17.9 Å². The molecule has 22 heavy (non-hydrogen) atoms. The van der Waals surface area contributed by atoms with Crippen LogP contribution in [-0.4, -0.2) is 49.8 Å². The molecule has 0 unspecified atom stereocenters. The average molecular weight is 311 g/mol. The van der Waals surface area contributed by atoms with Crippen molar-refractivity contribution < 1.29 is 18.3 Å². The summed E-state index contributed by atoms with van der Waals surface area (Å²) in [5, 5.41) is 0. The van der Waals surface area contributed by atoms with E-state index in [-0.39, 0.29) is 17.7 Å². The van der Waals surface area contributed by atoms with E-state index in [0.717, 1.165) is 25.1 Å². The lowest BCUT2D eigenvalue weighted by Gasteiger charge is -2.27. The first kappa shape index (κ1) is 15.0. The van der Waals surface area contributed by atoms with Gasteiger partial charge in [-0.15, -0.1) is 0 Å². The van der Waals surface area contributed by atoms with Crippen molar-refractivity contribution in [2.45, 2.75) is 25.0 Å². The third kappa shape index (κ3) is 3.47. The molecule has 0 spiro atoms. The van der Waals surface area contributed by atoms with Crippen molar-refractivity contribution in [3.05, 3.63) is 29.8 Å². The van der Waals surface area contributed by atoms with Gasteiger partial charge in [-0.3, -0.25) is 0 Å². The number of nitrogens with zero attached hydrogens (tertiary/aromatic N) is 2. The second-order valence-electron chi connectivity index (χ2n) is 5.41. The zero-order chi connectivity index (χ0) is 15.5. The highest BCUT2D eigenvalue weighted by molar-refractivity contribution is 5.78. The second kappa shape index (κ2) is 6.48. The first-order valence-corrected chi connectivity index (χ1v) is 7.35. The normalized spacial score (nSPS) is 25.4. The highest BCUT2D eigenvalue weighted by Gasteiger charge is 2.41. The van der Waals surface area contributed by atoms with E-state index in [1.807, 2.05) is 17.0 Å². The number of hydrogen-bond acceptors (Lipinski definition) is 3. The Morgan fingerprint density at radius 3 is 2.77 bits per heavy atom. The lowest BCUT2D eigenvalue weighted by atomic mass is 10.1. The van der Waals surface area contributed by atoms with Crippen LogP contribution in [-0.2, 0) is 4.74 Å². The number of para-hydroxylation sites is 1. The molecule has 1 aliphatic carbocycles. The largest absolute Gasteiger partial charge is 0.435 e. The van der Waals surface area contributed by atoms with Gasteiger partial charge in [0.15, 0.2) is 5.96 Å². The van der Waals surface area contributed by atoms with Gasteiger partial charge in [0.1, 0.15) is 5.75 Å². The van der Waals surface area contributed by atoms with Crippen LogP contribution in [0, 0.1) is 0 Å². The van der Waals surface area contributed by atoms with Gasteiger partial charge in [-0.2, -0.15) is 8.78 Å². The molecule has 0 aromatic heterocycles. The number of halogens is 2. The number of guanidine groups is 1. The Morgan fingerprint density at radius 1 is 1.32 bits per heavy atom. The third-order valence-electron chi connectivity index (χ3n) is 3.92. The summed E-state index contributed by atoms with van der Waals surface area (Å²) in [7, 11) is 0. The fourth-order valence-corrected chi connectivity index (χ4v) is 2.69. The number of ether oxygens (including phenoxy) is 2. The Hall–Kier alpha value is -1.89. The molecular formula is C15H19F2N3O2.